The van der Waals surface area contributed by atoms with Gasteiger partial charge in [0.1, 0.15) is 0 Å². The van der Waals surface area contributed by atoms with Crippen LogP contribution in [0, 0.1) is 0 Å². The predicted molar refractivity (Wildman–Crippen MR) is 110 cm³/mol. The monoisotopic (exact) mass is 358 g/mol. The van der Waals surface area contributed by atoms with Crippen molar-refractivity contribution in [3.63, 3.8) is 0 Å². The molecule has 128 valence electrons. The molecular formula is C22H18N2OS. The maximum atomic E-state index is 12.5. The number of thioether (sulfide) groups is 1. The van der Waals surface area contributed by atoms with Crippen LogP contribution in [-0.2, 0) is 4.79 Å². The summed E-state index contributed by atoms with van der Waals surface area (Å²) < 4.78 is 0. The number of carbonyl (C=O) groups is 1. The van der Waals surface area contributed by atoms with Gasteiger partial charge in [0.2, 0.25) is 0 Å². The van der Waals surface area contributed by atoms with E-state index in [1.54, 1.807) is 0 Å². The first-order valence-corrected chi connectivity index (χ1v) is 9.79. The number of hydrogen-bond acceptors (Lipinski definition) is 3. The van der Waals surface area contributed by atoms with Crippen LogP contribution in [0.4, 0.5) is 0 Å². The van der Waals surface area contributed by atoms with Gasteiger partial charge in [-0.15, -0.1) is 0 Å². The molecule has 26 heavy (non-hydrogen) atoms. The Bertz CT molecular complexity index is 1040. The molecule has 0 spiro atoms. The molecule has 1 fully saturated rings. The van der Waals surface area contributed by atoms with Crippen LogP contribution in [-0.4, -0.2) is 29.1 Å². The lowest BCUT2D eigenvalue weighted by atomic mass is 9.96. The molecule has 0 atom stereocenters. The van der Waals surface area contributed by atoms with E-state index in [-0.39, 0.29) is 5.91 Å². The molecule has 3 aromatic carbocycles. The Kier molecular flexibility index (Phi) is 3.79. The van der Waals surface area contributed by atoms with E-state index in [1.165, 1.54) is 46.1 Å². The maximum Gasteiger partial charge on any atom is 0.286 e. The molecule has 0 bridgehead atoms. The fourth-order valence-corrected chi connectivity index (χ4v) is 4.72. The predicted octanol–water partition coefficient (Wildman–Crippen LogP) is 5.06. The Balaban J connectivity index is 1.64. The molecule has 3 aromatic rings. The summed E-state index contributed by atoms with van der Waals surface area (Å²) >= 11 is 1.52. The third kappa shape index (κ3) is 2.61. The van der Waals surface area contributed by atoms with Crippen LogP contribution in [0.5, 0.6) is 0 Å². The SMILES string of the molecule is O=C1N=C(N2CCCC2)S/C1=C\c1c2ccccc2cc2ccccc12. The summed E-state index contributed by atoms with van der Waals surface area (Å²) in [5, 5.41) is 5.58. The summed E-state index contributed by atoms with van der Waals surface area (Å²) in [7, 11) is 0. The third-order valence-electron chi connectivity index (χ3n) is 5.07. The van der Waals surface area contributed by atoms with Gasteiger partial charge >= 0.3 is 0 Å². The first-order valence-electron chi connectivity index (χ1n) is 8.98. The van der Waals surface area contributed by atoms with Gasteiger partial charge in [-0.25, -0.2) is 0 Å². The van der Waals surface area contributed by atoms with Gasteiger partial charge in [0, 0.05) is 13.1 Å². The molecule has 0 aromatic heterocycles. The Labute approximate surface area is 156 Å². The Hall–Kier alpha value is -2.59. The van der Waals surface area contributed by atoms with Gasteiger partial charge in [-0.05, 0) is 63.9 Å². The molecule has 2 heterocycles. The van der Waals surface area contributed by atoms with Crippen molar-refractivity contribution >= 4 is 50.5 Å². The number of amides is 1. The summed E-state index contributed by atoms with van der Waals surface area (Å²) in [5.41, 5.74) is 1.10. The summed E-state index contributed by atoms with van der Waals surface area (Å²) in [6, 6.07) is 18.9. The van der Waals surface area contributed by atoms with Gasteiger partial charge in [-0.2, -0.15) is 4.99 Å². The van der Waals surface area contributed by atoms with Crippen LogP contribution >= 0.6 is 11.8 Å². The van der Waals surface area contributed by atoms with E-state index in [0.717, 1.165) is 23.8 Å². The number of fused-ring (bicyclic) bond motifs is 2. The molecule has 2 aliphatic rings. The minimum absolute atomic E-state index is 0.117. The van der Waals surface area contributed by atoms with Crippen molar-refractivity contribution in [1.29, 1.82) is 0 Å². The normalized spacial score (nSPS) is 19.1. The van der Waals surface area contributed by atoms with Crippen LogP contribution in [0.2, 0.25) is 0 Å². The Morgan fingerprint density at radius 2 is 1.54 bits per heavy atom. The minimum atomic E-state index is -0.117. The lowest BCUT2D eigenvalue weighted by Gasteiger charge is -2.14. The highest BCUT2D eigenvalue weighted by molar-refractivity contribution is 8.18. The first kappa shape index (κ1) is 15.6. The highest BCUT2D eigenvalue weighted by Crippen LogP contribution is 2.35. The standard InChI is InChI=1S/C22H18N2OS/c25-21-20(26-22(23-21)24-11-5-6-12-24)14-19-17-9-3-1-7-15(17)13-16-8-2-4-10-18(16)19/h1-4,7-10,13-14H,5-6,11-12H2/b20-14-. The molecule has 0 saturated carbocycles. The number of benzene rings is 3. The van der Waals surface area contributed by atoms with Gasteiger partial charge in [0.15, 0.2) is 5.17 Å². The van der Waals surface area contributed by atoms with Gasteiger partial charge < -0.3 is 4.90 Å². The average molecular weight is 358 g/mol. The van der Waals surface area contributed by atoms with E-state index < -0.39 is 0 Å². The number of amidine groups is 1. The van der Waals surface area contributed by atoms with Gasteiger partial charge in [0.05, 0.1) is 4.91 Å². The van der Waals surface area contributed by atoms with Crippen LogP contribution in [0.15, 0.2) is 64.5 Å². The third-order valence-corrected chi connectivity index (χ3v) is 6.12. The molecule has 3 nitrogen and oxygen atoms in total. The molecule has 1 saturated heterocycles. The number of nitrogens with zero attached hydrogens (tertiary/aromatic N) is 2. The van der Waals surface area contributed by atoms with E-state index in [2.05, 4.69) is 64.5 Å². The molecule has 1 amide bonds. The van der Waals surface area contributed by atoms with E-state index in [9.17, 15) is 4.79 Å². The van der Waals surface area contributed by atoms with Gasteiger partial charge in [-0.1, -0.05) is 48.5 Å². The first-order chi connectivity index (χ1) is 12.8. The zero-order valence-electron chi connectivity index (χ0n) is 14.3. The summed E-state index contributed by atoms with van der Waals surface area (Å²) in [6.07, 6.45) is 4.39. The molecular weight excluding hydrogens is 340 g/mol. The van der Waals surface area contributed by atoms with Crippen LogP contribution < -0.4 is 0 Å². The lowest BCUT2D eigenvalue weighted by Crippen LogP contribution is -2.23. The molecule has 0 radical (unpaired) electrons. The van der Waals surface area contributed by atoms with Crippen molar-refractivity contribution in [3.8, 4) is 0 Å². The summed E-state index contributed by atoms with van der Waals surface area (Å²) in [4.78, 5) is 19.8. The van der Waals surface area contributed by atoms with Crippen LogP contribution in [0.3, 0.4) is 0 Å². The maximum absolute atomic E-state index is 12.5. The lowest BCUT2D eigenvalue weighted by molar-refractivity contribution is -0.113. The minimum Gasteiger partial charge on any atom is -0.351 e. The van der Waals surface area contributed by atoms with Crippen molar-refractivity contribution in [2.24, 2.45) is 4.99 Å². The fourth-order valence-electron chi connectivity index (χ4n) is 3.78. The van der Waals surface area contributed by atoms with Crippen molar-refractivity contribution in [2.75, 3.05) is 13.1 Å². The van der Waals surface area contributed by atoms with Crippen molar-refractivity contribution in [2.45, 2.75) is 12.8 Å². The second kappa shape index (κ2) is 6.29. The summed E-state index contributed by atoms with van der Waals surface area (Å²) in [6.45, 7) is 2.01. The molecule has 5 rings (SSSR count). The zero-order valence-corrected chi connectivity index (χ0v) is 15.1. The van der Waals surface area contributed by atoms with Gasteiger partial charge in [-0.3, -0.25) is 4.79 Å². The molecule has 4 heteroatoms. The van der Waals surface area contributed by atoms with Crippen molar-refractivity contribution in [1.82, 2.24) is 4.90 Å². The highest BCUT2D eigenvalue weighted by Gasteiger charge is 2.27. The number of likely N-dealkylation sites (tertiary alicyclic amines) is 1. The van der Waals surface area contributed by atoms with E-state index in [0.29, 0.717) is 4.91 Å². The van der Waals surface area contributed by atoms with Crippen LogP contribution in [0.25, 0.3) is 27.6 Å². The van der Waals surface area contributed by atoms with E-state index in [1.807, 2.05) is 6.08 Å². The number of aliphatic imine (C=N–C) groups is 1. The molecule has 0 aliphatic carbocycles. The Morgan fingerprint density at radius 1 is 0.923 bits per heavy atom. The largest absolute Gasteiger partial charge is 0.351 e. The second-order valence-corrected chi connectivity index (χ2v) is 7.75. The van der Waals surface area contributed by atoms with Crippen molar-refractivity contribution < 1.29 is 4.79 Å². The van der Waals surface area contributed by atoms with Gasteiger partial charge in [0.25, 0.3) is 5.91 Å². The molecule has 2 aliphatic heterocycles. The number of hydrogen-bond donors (Lipinski definition) is 0. The number of carbonyl (C=O) groups excluding carboxylic acids is 1. The average Bonchev–Trinajstić information content (AvgIpc) is 3.32. The topological polar surface area (TPSA) is 32.7 Å². The van der Waals surface area contributed by atoms with Crippen LogP contribution in [0.1, 0.15) is 18.4 Å². The zero-order chi connectivity index (χ0) is 17.5. The summed E-state index contributed by atoms with van der Waals surface area (Å²) in [5.74, 6) is -0.117. The fraction of sp³-hybridized carbons (Fsp3) is 0.182. The molecule has 0 N–H and O–H groups in total. The van der Waals surface area contributed by atoms with E-state index in [4.69, 9.17) is 0 Å². The second-order valence-electron chi connectivity index (χ2n) is 6.74. The Morgan fingerprint density at radius 3 is 2.19 bits per heavy atom. The number of rotatable bonds is 1. The van der Waals surface area contributed by atoms with Crippen molar-refractivity contribution in [3.05, 3.63) is 65.1 Å². The smallest absolute Gasteiger partial charge is 0.286 e. The van der Waals surface area contributed by atoms with E-state index >= 15 is 0 Å². The highest BCUT2D eigenvalue weighted by atomic mass is 32.2. The molecule has 0 unspecified atom stereocenters. The quantitative estimate of drug-likeness (QED) is 0.450.